The lowest BCUT2D eigenvalue weighted by molar-refractivity contribution is -0.121. The Morgan fingerprint density at radius 2 is 1.86 bits per heavy atom. The Morgan fingerprint density at radius 1 is 1.03 bits per heavy atom. The second-order valence-corrected chi connectivity index (χ2v) is 7.18. The Kier molecular flexibility index (Phi) is 7.00. The van der Waals surface area contributed by atoms with E-state index in [-0.39, 0.29) is 18.4 Å². The number of imidazole rings is 1. The van der Waals surface area contributed by atoms with Crippen LogP contribution in [0.1, 0.15) is 41.5 Å². The van der Waals surface area contributed by atoms with E-state index in [4.69, 9.17) is 4.98 Å². The number of carbonyl (C=O) groups excluding carboxylic acids is 2. The van der Waals surface area contributed by atoms with E-state index >= 15 is 0 Å². The lowest BCUT2D eigenvalue weighted by Gasteiger charge is -2.10. The molecule has 0 unspecified atom stereocenters. The highest BCUT2D eigenvalue weighted by Gasteiger charge is 2.13. The van der Waals surface area contributed by atoms with Gasteiger partial charge in [0.25, 0.3) is 5.91 Å². The van der Waals surface area contributed by atoms with E-state index in [2.05, 4.69) is 10.6 Å². The Bertz CT molecular complexity index is 993. The zero-order valence-electron chi connectivity index (χ0n) is 17.1. The summed E-state index contributed by atoms with van der Waals surface area (Å²) in [5.41, 5.74) is 3.57. The maximum Gasteiger partial charge on any atom is 0.251 e. The number of fused-ring (bicyclic) bond motifs is 1. The number of aryl methyl sites for hydroxylation is 2. The van der Waals surface area contributed by atoms with Gasteiger partial charge in [-0.3, -0.25) is 9.59 Å². The zero-order valence-corrected chi connectivity index (χ0v) is 17.1. The second-order valence-electron chi connectivity index (χ2n) is 7.18. The number of nitrogens with one attached hydrogen (secondary N) is 2. The monoisotopic (exact) mass is 392 g/mol. The summed E-state index contributed by atoms with van der Waals surface area (Å²) >= 11 is 0. The van der Waals surface area contributed by atoms with Crippen molar-refractivity contribution in [1.29, 1.82) is 0 Å². The van der Waals surface area contributed by atoms with Crippen LogP contribution in [-0.2, 0) is 17.8 Å². The number of nitrogens with zero attached hydrogens (tertiary/aromatic N) is 2. The van der Waals surface area contributed by atoms with Gasteiger partial charge in [-0.2, -0.15) is 0 Å². The Balaban J connectivity index is 1.62. The molecule has 0 atom stereocenters. The molecular formula is C23H28N4O2. The first-order valence-electron chi connectivity index (χ1n) is 10.1. The van der Waals surface area contributed by atoms with Crippen molar-refractivity contribution >= 4 is 22.8 Å². The van der Waals surface area contributed by atoms with Crippen molar-refractivity contribution in [3.05, 3.63) is 65.5 Å². The standard InChI is InChI=1S/C23H28N4O2/c1-3-13-24-22(28)16-27-20-11-5-4-10-19(20)26-21(27)12-7-14-25-23(29)18-9-6-8-17(2)15-18/h4-6,8-11,15H,3,7,12-14,16H2,1-2H3,(H,24,28)(H,25,29). The predicted octanol–water partition coefficient (Wildman–Crippen LogP) is 3.23. The molecule has 2 aromatic carbocycles. The summed E-state index contributed by atoms with van der Waals surface area (Å²) in [4.78, 5) is 29.2. The molecular weight excluding hydrogens is 364 g/mol. The van der Waals surface area contributed by atoms with Crippen molar-refractivity contribution in [2.75, 3.05) is 13.1 Å². The molecule has 0 saturated heterocycles. The van der Waals surface area contributed by atoms with Gasteiger partial charge in [-0.05, 0) is 44.0 Å². The quantitative estimate of drug-likeness (QED) is 0.549. The number of carbonyl (C=O) groups is 2. The van der Waals surface area contributed by atoms with Crippen molar-refractivity contribution in [1.82, 2.24) is 20.2 Å². The normalized spacial score (nSPS) is 10.8. The summed E-state index contributed by atoms with van der Waals surface area (Å²) in [7, 11) is 0. The van der Waals surface area contributed by atoms with Gasteiger partial charge in [0.15, 0.2) is 0 Å². The van der Waals surface area contributed by atoms with Gasteiger partial charge < -0.3 is 15.2 Å². The molecule has 1 heterocycles. The minimum atomic E-state index is -0.0684. The molecule has 0 fully saturated rings. The number of amides is 2. The molecule has 0 aliphatic carbocycles. The van der Waals surface area contributed by atoms with Crippen molar-refractivity contribution in [3.8, 4) is 0 Å². The molecule has 2 N–H and O–H groups in total. The molecule has 3 rings (SSSR count). The van der Waals surface area contributed by atoms with Crippen LogP contribution < -0.4 is 10.6 Å². The minimum Gasteiger partial charge on any atom is -0.355 e. The largest absolute Gasteiger partial charge is 0.355 e. The van der Waals surface area contributed by atoms with Crippen molar-refractivity contribution < 1.29 is 9.59 Å². The van der Waals surface area contributed by atoms with E-state index in [1.54, 1.807) is 0 Å². The van der Waals surface area contributed by atoms with E-state index in [1.165, 1.54) is 0 Å². The van der Waals surface area contributed by atoms with Gasteiger partial charge in [0.2, 0.25) is 5.91 Å². The van der Waals surface area contributed by atoms with Crippen LogP contribution in [0.5, 0.6) is 0 Å². The van der Waals surface area contributed by atoms with Gasteiger partial charge in [0, 0.05) is 25.1 Å². The second kappa shape index (κ2) is 9.87. The van der Waals surface area contributed by atoms with Crippen LogP contribution in [0.25, 0.3) is 11.0 Å². The average Bonchev–Trinajstić information content (AvgIpc) is 3.07. The fourth-order valence-corrected chi connectivity index (χ4v) is 3.29. The number of hydrogen-bond donors (Lipinski definition) is 2. The predicted molar refractivity (Wildman–Crippen MR) is 115 cm³/mol. The van der Waals surface area contributed by atoms with Gasteiger partial charge in [0.1, 0.15) is 12.4 Å². The third-order valence-electron chi connectivity index (χ3n) is 4.75. The van der Waals surface area contributed by atoms with Crippen molar-refractivity contribution in [2.24, 2.45) is 0 Å². The molecule has 0 spiro atoms. The molecule has 0 aliphatic heterocycles. The van der Waals surface area contributed by atoms with E-state index in [9.17, 15) is 9.59 Å². The zero-order chi connectivity index (χ0) is 20.6. The highest BCUT2D eigenvalue weighted by Crippen LogP contribution is 2.17. The van der Waals surface area contributed by atoms with E-state index < -0.39 is 0 Å². The van der Waals surface area contributed by atoms with Crippen LogP contribution in [0, 0.1) is 6.92 Å². The SMILES string of the molecule is CCCNC(=O)Cn1c(CCCNC(=O)c2cccc(C)c2)nc2ccccc21. The Labute approximate surface area is 171 Å². The molecule has 2 amide bonds. The smallest absolute Gasteiger partial charge is 0.251 e. The van der Waals surface area contributed by atoms with Crippen LogP contribution >= 0.6 is 0 Å². The van der Waals surface area contributed by atoms with Gasteiger partial charge in [-0.15, -0.1) is 0 Å². The molecule has 6 heteroatoms. The number of para-hydroxylation sites is 2. The molecule has 3 aromatic rings. The van der Waals surface area contributed by atoms with Crippen LogP contribution in [-0.4, -0.2) is 34.5 Å². The summed E-state index contributed by atoms with van der Waals surface area (Å²) < 4.78 is 1.97. The topological polar surface area (TPSA) is 76.0 Å². The lowest BCUT2D eigenvalue weighted by atomic mass is 10.1. The summed E-state index contributed by atoms with van der Waals surface area (Å²) in [6.45, 7) is 5.48. The van der Waals surface area contributed by atoms with Crippen LogP contribution in [0.4, 0.5) is 0 Å². The third kappa shape index (κ3) is 5.44. The maximum atomic E-state index is 12.3. The third-order valence-corrected chi connectivity index (χ3v) is 4.75. The molecule has 0 aliphatic rings. The number of aromatic nitrogens is 2. The number of rotatable bonds is 9. The van der Waals surface area contributed by atoms with Gasteiger partial charge in [-0.25, -0.2) is 4.98 Å². The van der Waals surface area contributed by atoms with Crippen molar-refractivity contribution in [3.63, 3.8) is 0 Å². The van der Waals surface area contributed by atoms with Crippen LogP contribution in [0.2, 0.25) is 0 Å². The van der Waals surface area contributed by atoms with Crippen molar-refractivity contribution in [2.45, 2.75) is 39.7 Å². The van der Waals surface area contributed by atoms with Crippen LogP contribution in [0.3, 0.4) is 0 Å². The molecule has 1 aromatic heterocycles. The summed E-state index contributed by atoms with van der Waals surface area (Å²) in [6, 6.07) is 15.4. The molecule has 6 nitrogen and oxygen atoms in total. The van der Waals surface area contributed by atoms with E-state index in [0.717, 1.165) is 35.3 Å². The minimum absolute atomic E-state index is 0.0102. The highest BCUT2D eigenvalue weighted by atomic mass is 16.2. The number of benzene rings is 2. The fourth-order valence-electron chi connectivity index (χ4n) is 3.29. The molecule has 0 saturated carbocycles. The summed E-state index contributed by atoms with van der Waals surface area (Å²) in [6.07, 6.45) is 2.34. The summed E-state index contributed by atoms with van der Waals surface area (Å²) in [5.74, 6) is 0.785. The fraction of sp³-hybridized carbons (Fsp3) is 0.348. The van der Waals surface area contributed by atoms with Gasteiger partial charge in [0.05, 0.1) is 11.0 Å². The first-order chi connectivity index (χ1) is 14.1. The highest BCUT2D eigenvalue weighted by molar-refractivity contribution is 5.94. The molecule has 29 heavy (non-hydrogen) atoms. The average molecular weight is 393 g/mol. The Morgan fingerprint density at radius 3 is 2.66 bits per heavy atom. The molecule has 0 radical (unpaired) electrons. The number of hydrogen-bond acceptors (Lipinski definition) is 3. The van der Waals surface area contributed by atoms with Gasteiger partial charge in [-0.1, -0.05) is 36.8 Å². The van der Waals surface area contributed by atoms with Crippen LogP contribution in [0.15, 0.2) is 48.5 Å². The van der Waals surface area contributed by atoms with E-state index in [1.807, 2.05) is 66.9 Å². The summed E-state index contributed by atoms with van der Waals surface area (Å²) in [5, 5.41) is 5.89. The van der Waals surface area contributed by atoms with E-state index in [0.29, 0.717) is 25.1 Å². The van der Waals surface area contributed by atoms with Gasteiger partial charge >= 0.3 is 0 Å². The maximum absolute atomic E-state index is 12.3. The Hall–Kier alpha value is -3.15. The lowest BCUT2D eigenvalue weighted by Crippen LogP contribution is -2.29. The molecule has 152 valence electrons. The first kappa shape index (κ1) is 20.6. The molecule has 0 bridgehead atoms. The first-order valence-corrected chi connectivity index (χ1v) is 10.1.